The number of benzene rings is 2. The molecule has 0 N–H and O–H groups in total. The molecule has 1 unspecified atom stereocenters. The molecule has 0 aromatic heterocycles. The van der Waals surface area contributed by atoms with Gasteiger partial charge in [0, 0.05) is 6.61 Å². The van der Waals surface area contributed by atoms with E-state index in [4.69, 9.17) is 8.85 Å². The molecule has 0 radical (unpaired) electrons. The summed E-state index contributed by atoms with van der Waals surface area (Å²) < 4.78 is 14.1. The molecule has 1 saturated carbocycles. The maximum Gasteiger partial charge on any atom is 0.261 e. The van der Waals surface area contributed by atoms with Gasteiger partial charge in [-0.05, 0) is 82.9 Å². The minimum Gasteiger partial charge on any atom is -0.411 e. The highest BCUT2D eigenvalue weighted by Crippen LogP contribution is 2.56. The van der Waals surface area contributed by atoms with E-state index in [0.717, 1.165) is 25.4 Å². The van der Waals surface area contributed by atoms with Gasteiger partial charge in [-0.2, -0.15) is 0 Å². The first kappa shape index (κ1) is 31.5. The van der Waals surface area contributed by atoms with Crippen molar-refractivity contribution in [2.45, 2.75) is 117 Å². The summed E-state index contributed by atoms with van der Waals surface area (Å²) in [4.78, 5) is 0. The lowest BCUT2D eigenvalue weighted by atomic mass is 9.66. The molecule has 2 aromatic rings. The molecular formula is C36H56O2Si2. The summed E-state index contributed by atoms with van der Waals surface area (Å²) in [5.74, 6) is 1.35. The maximum atomic E-state index is 7.28. The molecule has 40 heavy (non-hydrogen) atoms. The van der Waals surface area contributed by atoms with Crippen molar-refractivity contribution in [3.05, 3.63) is 72.3 Å². The molecule has 0 amide bonds. The average molecular weight is 577 g/mol. The van der Waals surface area contributed by atoms with Crippen LogP contribution in [0.2, 0.25) is 23.2 Å². The van der Waals surface area contributed by atoms with Crippen molar-refractivity contribution in [1.82, 2.24) is 0 Å². The Morgan fingerprint density at radius 2 is 1.40 bits per heavy atom. The van der Waals surface area contributed by atoms with Crippen LogP contribution < -0.4 is 10.4 Å². The largest absolute Gasteiger partial charge is 0.411 e. The number of hydrogen-bond acceptors (Lipinski definition) is 2. The predicted octanol–water partition coefficient (Wildman–Crippen LogP) is 9.12. The minimum absolute atomic E-state index is 0.0245. The van der Waals surface area contributed by atoms with Crippen LogP contribution in [0.1, 0.15) is 87.5 Å². The van der Waals surface area contributed by atoms with Crippen LogP contribution in [-0.4, -0.2) is 29.3 Å². The van der Waals surface area contributed by atoms with Crippen LogP contribution in [0.4, 0.5) is 0 Å². The Morgan fingerprint density at radius 3 is 1.90 bits per heavy atom. The summed E-state index contributed by atoms with van der Waals surface area (Å²) in [7, 11) is -4.24. The first-order valence-corrected chi connectivity index (χ1v) is 20.6. The van der Waals surface area contributed by atoms with E-state index in [0.29, 0.717) is 17.4 Å². The van der Waals surface area contributed by atoms with Crippen LogP contribution in [0, 0.1) is 17.3 Å². The molecule has 1 fully saturated rings. The molecule has 0 spiro atoms. The van der Waals surface area contributed by atoms with Crippen molar-refractivity contribution >= 4 is 27.0 Å². The zero-order chi connectivity index (χ0) is 29.4. The van der Waals surface area contributed by atoms with Gasteiger partial charge in [0.25, 0.3) is 8.32 Å². The Bertz CT molecular complexity index is 1100. The molecular weight excluding hydrogens is 521 g/mol. The van der Waals surface area contributed by atoms with E-state index in [2.05, 4.69) is 135 Å². The zero-order valence-corrected chi connectivity index (χ0v) is 29.1. The normalized spacial score (nSPS) is 24.9. The topological polar surface area (TPSA) is 18.5 Å². The number of allylic oxidation sites excluding steroid dienone is 1. The monoisotopic (exact) mass is 576 g/mol. The third-order valence-corrected chi connectivity index (χ3v) is 20.4. The Morgan fingerprint density at radius 1 is 0.850 bits per heavy atom. The Kier molecular flexibility index (Phi) is 9.18. The smallest absolute Gasteiger partial charge is 0.261 e. The number of hydrogen-bond donors (Lipinski definition) is 0. The third-order valence-electron chi connectivity index (χ3n) is 10.9. The van der Waals surface area contributed by atoms with Gasteiger partial charge in [-0.3, -0.25) is 0 Å². The zero-order valence-electron chi connectivity index (χ0n) is 27.1. The molecule has 0 heterocycles. The fourth-order valence-corrected chi connectivity index (χ4v) is 13.3. The van der Waals surface area contributed by atoms with Gasteiger partial charge >= 0.3 is 0 Å². The van der Waals surface area contributed by atoms with Gasteiger partial charge in [0.2, 0.25) is 0 Å². The van der Waals surface area contributed by atoms with Crippen LogP contribution in [0.3, 0.4) is 0 Å². The summed E-state index contributed by atoms with van der Waals surface area (Å²) in [6.07, 6.45) is 8.92. The Labute approximate surface area is 248 Å². The molecule has 0 aliphatic heterocycles. The molecule has 0 saturated heterocycles. The first-order valence-electron chi connectivity index (χ1n) is 15.8. The summed E-state index contributed by atoms with van der Waals surface area (Å²) in [6, 6.07) is 22.1. The molecule has 2 aliphatic carbocycles. The van der Waals surface area contributed by atoms with E-state index < -0.39 is 16.6 Å². The highest BCUT2D eigenvalue weighted by Gasteiger charge is 2.51. The average Bonchev–Trinajstić information content (AvgIpc) is 3.22. The number of rotatable bonds is 9. The lowest BCUT2D eigenvalue weighted by Crippen LogP contribution is -2.66. The van der Waals surface area contributed by atoms with Crippen LogP contribution in [0.5, 0.6) is 0 Å². The van der Waals surface area contributed by atoms with Crippen LogP contribution in [-0.2, 0) is 8.85 Å². The van der Waals surface area contributed by atoms with Gasteiger partial charge in [0.1, 0.15) is 0 Å². The molecule has 2 nitrogen and oxygen atoms in total. The predicted molar refractivity (Wildman–Crippen MR) is 178 cm³/mol. The van der Waals surface area contributed by atoms with Gasteiger partial charge in [-0.15, -0.1) is 0 Å². The molecule has 2 aliphatic rings. The van der Waals surface area contributed by atoms with Gasteiger partial charge in [0.15, 0.2) is 8.32 Å². The summed E-state index contributed by atoms with van der Waals surface area (Å²) in [5.41, 5.74) is 1.98. The van der Waals surface area contributed by atoms with Crippen LogP contribution in [0.15, 0.2) is 72.3 Å². The Balaban J connectivity index is 1.50. The summed E-state index contributed by atoms with van der Waals surface area (Å²) in [6.45, 7) is 24.8. The second-order valence-electron chi connectivity index (χ2n) is 15.5. The maximum absolute atomic E-state index is 7.28. The molecule has 4 rings (SSSR count). The van der Waals surface area contributed by atoms with Crippen molar-refractivity contribution in [3.63, 3.8) is 0 Å². The van der Waals surface area contributed by atoms with Gasteiger partial charge in [-0.1, -0.05) is 128 Å². The molecule has 4 heteroatoms. The second-order valence-corrected chi connectivity index (χ2v) is 24.5. The molecule has 0 bridgehead atoms. The van der Waals surface area contributed by atoms with Crippen molar-refractivity contribution in [1.29, 1.82) is 0 Å². The Hall–Kier alpha value is -1.47. The van der Waals surface area contributed by atoms with Crippen molar-refractivity contribution in [3.8, 4) is 0 Å². The highest BCUT2D eigenvalue weighted by atomic mass is 28.4. The van der Waals surface area contributed by atoms with Crippen molar-refractivity contribution in [2.24, 2.45) is 17.3 Å². The first-order chi connectivity index (χ1) is 18.6. The van der Waals surface area contributed by atoms with E-state index in [-0.39, 0.29) is 10.1 Å². The molecule has 220 valence electrons. The van der Waals surface area contributed by atoms with Crippen LogP contribution >= 0.6 is 0 Å². The summed E-state index contributed by atoms with van der Waals surface area (Å²) in [5, 5.41) is 3.03. The molecule has 4 atom stereocenters. The lowest BCUT2D eigenvalue weighted by Gasteiger charge is -2.45. The van der Waals surface area contributed by atoms with Gasteiger partial charge < -0.3 is 8.85 Å². The van der Waals surface area contributed by atoms with E-state index in [1.807, 2.05) is 0 Å². The van der Waals surface area contributed by atoms with E-state index >= 15 is 0 Å². The van der Waals surface area contributed by atoms with Crippen LogP contribution in [0.25, 0.3) is 0 Å². The quantitative estimate of drug-likeness (QED) is 0.219. The van der Waals surface area contributed by atoms with Crippen molar-refractivity contribution < 1.29 is 8.85 Å². The SMILES string of the molecule is C[C@H](CCO[Si](c1ccccc1)(c1ccccc1)C(C)(C)C)[C@H]1CCC2=CC(O[Si](C)(C)C(C)(C)C)CC[C@@]21C. The summed E-state index contributed by atoms with van der Waals surface area (Å²) >= 11 is 0. The second kappa shape index (κ2) is 11.7. The highest BCUT2D eigenvalue weighted by molar-refractivity contribution is 6.99. The van der Waals surface area contributed by atoms with E-state index in [9.17, 15) is 0 Å². The fraction of sp³-hybridized carbons (Fsp3) is 0.611. The van der Waals surface area contributed by atoms with E-state index in [1.165, 1.54) is 29.6 Å². The van der Waals surface area contributed by atoms with Gasteiger partial charge in [0.05, 0.1) is 6.10 Å². The minimum atomic E-state index is -2.48. The van der Waals surface area contributed by atoms with Gasteiger partial charge in [-0.25, -0.2) is 0 Å². The third kappa shape index (κ3) is 6.02. The fourth-order valence-electron chi connectivity index (χ4n) is 7.44. The standard InChI is InChI=1S/C36H56O2Si2/c1-28(33-22-21-29-27-30(23-25-36(29,33)8)38-39(9,10)34(2,3)4)24-26-37-40(35(5,6)7,31-17-13-11-14-18-31)32-19-15-12-16-20-32/h11-20,27-28,30,33H,21-26H2,1-10H3/t28-,30?,33-,36+/m1/s1. The molecule has 2 aromatic carbocycles. The lowest BCUT2D eigenvalue weighted by molar-refractivity contribution is 0.117. The number of fused-ring (bicyclic) bond motifs is 1. The van der Waals surface area contributed by atoms with E-state index in [1.54, 1.807) is 5.57 Å². The van der Waals surface area contributed by atoms with Crippen molar-refractivity contribution in [2.75, 3.05) is 6.61 Å².